The zero-order valence-corrected chi connectivity index (χ0v) is 20.3. The highest BCUT2D eigenvalue weighted by Crippen LogP contribution is 2.31. The van der Waals surface area contributed by atoms with Gasteiger partial charge in [-0.15, -0.1) is 11.3 Å². The van der Waals surface area contributed by atoms with E-state index in [2.05, 4.69) is 41.5 Å². The van der Waals surface area contributed by atoms with Gasteiger partial charge in [0.15, 0.2) is 0 Å². The molecule has 1 N–H and O–H groups in total. The molecule has 1 aliphatic heterocycles. The predicted molar refractivity (Wildman–Crippen MR) is 133 cm³/mol. The van der Waals surface area contributed by atoms with E-state index in [1.54, 1.807) is 0 Å². The third-order valence-corrected chi connectivity index (χ3v) is 7.74. The molecule has 1 aliphatic rings. The van der Waals surface area contributed by atoms with Crippen molar-refractivity contribution < 1.29 is 9.59 Å². The minimum absolute atomic E-state index is 0.0583. The van der Waals surface area contributed by atoms with Crippen LogP contribution >= 0.6 is 11.3 Å². The average Bonchev–Trinajstić information content (AvgIpc) is 3.24. The number of aryl methyl sites for hydroxylation is 2. The quantitative estimate of drug-likeness (QED) is 0.547. The Morgan fingerprint density at radius 1 is 1.06 bits per heavy atom. The molecule has 1 fully saturated rings. The van der Waals surface area contributed by atoms with E-state index in [0.717, 1.165) is 39.5 Å². The Labute approximate surface area is 199 Å². The Hall–Kier alpha value is -2.99. The first-order valence-corrected chi connectivity index (χ1v) is 12.4. The number of benzene rings is 2. The number of nitrogens with zero attached hydrogens (tertiary/aromatic N) is 2. The second-order valence-electron chi connectivity index (χ2n) is 8.92. The Morgan fingerprint density at radius 3 is 2.39 bits per heavy atom. The fourth-order valence-corrected chi connectivity index (χ4v) is 5.36. The van der Waals surface area contributed by atoms with Crippen molar-refractivity contribution in [3.8, 4) is 10.6 Å². The van der Waals surface area contributed by atoms with Crippen LogP contribution in [0.1, 0.15) is 46.3 Å². The molecule has 3 aromatic rings. The van der Waals surface area contributed by atoms with Crippen LogP contribution < -0.4 is 5.32 Å². The molecule has 5 nitrogen and oxygen atoms in total. The lowest BCUT2D eigenvalue weighted by atomic mass is 9.84. The highest BCUT2D eigenvalue weighted by atomic mass is 32.1. The molecule has 4 rings (SSSR count). The van der Waals surface area contributed by atoms with Crippen molar-refractivity contribution >= 4 is 23.2 Å². The largest absolute Gasteiger partial charge is 0.352 e. The monoisotopic (exact) mass is 461 g/mol. The van der Waals surface area contributed by atoms with Crippen LogP contribution in [0.3, 0.4) is 0 Å². The number of thiazole rings is 1. The molecule has 6 heteroatoms. The number of piperidine rings is 1. The predicted octanol–water partition coefficient (Wildman–Crippen LogP) is 5.23. The van der Waals surface area contributed by atoms with Gasteiger partial charge in [-0.2, -0.15) is 0 Å². The molecule has 172 valence electrons. The summed E-state index contributed by atoms with van der Waals surface area (Å²) in [7, 11) is 0. The number of rotatable bonds is 6. The van der Waals surface area contributed by atoms with E-state index >= 15 is 0 Å². The van der Waals surface area contributed by atoms with Gasteiger partial charge in [0, 0.05) is 31.1 Å². The molecule has 1 aromatic heterocycles. The first kappa shape index (κ1) is 23.2. The molecule has 0 bridgehead atoms. The Bertz CT molecular complexity index is 1100. The third-order valence-electron chi connectivity index (χ3n) is 6.55. The van der Waals surface area contributed by atoms with Gasteiger partial charge < -0.3 is 10.2 Å². The second-order valence-corrected chi connectivity index (χ2v) is 9.92. The van der Waals surface area contributed by atoms with Crippen molar-refractivity contribution in [1.82, 2.24) is 15.2 Å². The van der Waals surface area contributed by atoms with Crippen molar-refractivity contribution in [2.45, 2.75) is 40.2 Å². The van der Waals surface area contributed by atoms with Gasteiger partial charge in [-0.1, -0.05) is 67.1 Å². The summed E-state index contributed by atoms with van der Waals surface area (Å²) >= 11 is 1.47. The molecule has 2 aromatic carbocycles. The molecular weight excluding hydrogens is 430 g/mol. The Kier molecular flexibility index (Phi) is 7.23. The van der Waals surface area contributed by atoms with Crippen molar-refractivity contribution in [3.63, 3.8) is 0 Å². The lowest BCUT2D eigenvalue weighted by Crippen LogP contribution is -2.42. The number of nitrogens with one attached hydrogen (secondary N) is 1. The molecule has 0 aliphatic carbocycles. The van der Waals surface area contributed by atoms with Crippen molar-refractivity contribution in [1.29, 1.82) is 0 Å². The fraction of sp³-hybridized carbons (Fsp3) is 0.370. The maximum absolute atomic E-state index is 13.2. The number of hydrogen-bond donors (Lipinski definition) is 1. The van der Waals surface area contributed by atoms with Gasteiger partial charge in [0.1, 0.15) is 9.88 Å². The summed E-state index contributed by atoms with van der Waals surface area (Å²) in [6, 6.07) is 18.2. The van der Waals surface area contributed by atoms with Gasteiger partial charge in [-0.05, 0) is 38.2 Å². The highest BCUT2D eigenvalue weighted by molar-refractivity contribution is 7.17. The number of aromatic nitrogens is 1. The van der Waals surface area contributed by atoms with Crippen LogP contribution in [-0.2, 0) is 11.3 Å². The van der Waals surface area contributed by atoms with Crippen molar-refractivity contribution in [3.05, 3.63) is 76.3 Å². The van der Waals surface area contributed by atoms with E-state index in [0.29, 0.717) is 19.6 Å². The highest BCUT2D eigenvalue weighted by Gasteiger charge is 2.31. The minimum Gasteiger partial charge on any atom is -0.352 e. The van der Waals surface area contributed by atoms with E-state index in [9.17, 15) is 9.59 Å². The fourth-order valence-electron chi connectivity index (χ4n) is 4.32. The van der Waals surface area contributed by atoms with Gasteiger partial charge in [0.25, 0.3) is 5.91 Å². The molecule has 0 unspecified atom stereocenters. The molecule has 2 amide bonds. The maximum atomic E-state index is 13.2. The Morgan fingerprint density at radius 2 is 1.73 bits per heavy atom. The van der Waals surface area contributed by atoms with E-state index in [4.69, 9.17) is 0 Å². The average molecular weight is 462 g/mol. The zero-order valence-electron chi connectivity index (χ0n) is 19.5. The number of hydrogen-bond acceptors (Lipinski definition) is 4. The summed E-state index contributed by atoms with van der Waals surface area (Å²) in [5.41, 5.74) is 4.13. The Balaban J connectivity index is 1.32. The summed E-state index contributed by atoms with van der Waals surface area (Å²) in [4.78, 5) is 33.2. The lowest BCUT2D eigenvalue weighted by Gasteiger charge is -2.34. The maximum Gasteiger partial charge on any atom is 0.265 e. The van der Waals surface area contributed by atoms with Crippen LogP contribution in [0.5, 0.6) is 0 Å². The van der Waals surface area contributed by atoms with Crippen LogP contribution in [0.4, 0.5) is 0 Å². The second kappa shape index (κ2) is 10.3. The van der Waals surface area contributed by atoms with Crippen LogP contribution in [0.25, 0.3) is 10.6 Å². The smallest absolute Gasteiger partial charge is 0.265 e. The summed E-state index contributed by atoms with van der Waals surface area (Å²) in [6.07, 6.45) is 1.68. The number of carbonyl (C=O) groups excluding carboxylic acids is 2. The van der Waals surface area contributed by atoms with E-state index in [1.807, 2.05) is 49.1 Å². The number of carbonyl (C=O) groups is 2. The van der Waals surface area contributed by atoms with Gasteiger partial charge in [-0.25, -0.2) is 4.98 Å². The van der Waals surface area contributed by atoms with Gasteiger partial charge in [-0.3, -0.25) is 9.59 Å². The molecule has 2 heterocycles. The number of likely N-dealkylation sites (tertiary alicyclic amines) is 1. The van der Waals surface area contributed by atoms with Crippen LogP contribution in [0.2, 0.25) is 0 Å². The molecule has 0 saturated carbocycles. The summed E-state index contributed by atoms with van der Waals surface area (Å²) in [5.74, 6) is 0.368. The van der Waals surface area contributed by atoms with Gasteiger partial charge in [0.05, 0.1) is 5.69 Å². The van der Waals surface area contributed by atoms with E-state index in [1.165, 1.54) is 16.9 Å². The normalized spacial score (nSPS) is 15.3. The summed E-state index contributed by atoms with van der Waals surface area (Å²) < 4.78 is 0. The molecule has 1 saturated heterocycles. The summed E-state index contributed by atoms with van der Waals surface area (Å²) in [6.45, 7) is 7.88. The molecule has 0 radical (unpaired) electrons. The topological polar surface area (TPSA) is 62.3 Å². The van der Waals surface area contributed by atoms with Crippen LogP contribution in [0.15, 0.2) is 54.6 Å². The first-order valence-electron chi connectivity index (χ1n) is 11.6. The molecular formula is C27H31N3O2S. The lowest BCUT2D eigenvalue weighted by molar-refractivity contribution is -0.126. The minimum atomic E-state index is -0.0655. The SMILES string of the molecule is Cc1ccc(-c2nc(C)c(C(=O)N3CCC([C@@H](C)C(=O)NCc4ccccc4)CC3)s2)cc1. The third kappa shape index (κ3) is 5.50. The van der Waals surface area contributed by atoms with Gasteiger partial charge in [0.2, 0.25) is 5.91 Å². The standard InChI is InChI=1S/C27H31N3O2S/c1-18-9-11-23(12-10-18)26-29-20(3)24(33-26)27(32)30-15-13-22(14-16-30)19(2)25(31)28-17-21-7-5-4-6-8-21/h4-12,19,22H,13-17H2,1-3H3,(H,28,31)/t19-/m1/s1. The van der Waals surface area contributed by atoms with Crippen LogP contribution in [0, 0.1) is 25.7 Å². The molecule has 33 heavy (non-hydrogen) atoms. The summed E-state index contributed by atoms with van der Waals surface area (Å²) in [5, 5.41) is 3.94. The van der Waals surface area contributed by atoms with E-state index < -0.39 is 0 Å². The van der Waals surface area contributed by atoms with Crippen LogP contribution in [-0.4, -0.2) is 34.8 Å². The zero-order chi connectivity index (χ0) is 23.4. The van der Waals surface area contributed by atoms with Gasteiger partial charge >= 0.3 is 0 Å². The number of amides is 2. The first-order chi connectivity index (χ1) is 15.9. The van der Waals surface area contributed by atoms with E-state index in [-0.39, 0.29) is 23.7 Å². The molecule has 0 spiro atoms. The van der Waals surface area contributed by atoms with Crippen molar-refractivity contribution in [2.24, 2.45) is 11.8 Å². The van der Waals surface area contributed by atoms with Crippen molar-refractivity contribution in [2.75, 3.05) is 13.1 Å². The molecule has 1 atom stereocenters.